The van der Waals surface area contributed by atoms with Crippen molar-refractivity contribution in [2.45, 2.75) is 25.4 Å². The molecule has 1 aromatic heterocycles. The van der Waals surface area contributed by atoms with Crippen LogP contribution in [0.15, 0.2) is 66.0 Å². The molecule has 3 aromatic carbocycles. The number of nitrogens with zero attached hydrogens (tertiary/aromatic N) is 4. The lowest BCUT2D eigenvalue weighted by molar-refractivity contribution is -0.132. The number of fused-ring (bicyclic) bond motifs is 2. The smallest absolute Gasteiger partial charge is 0.293 e. The maximum Gasteiger partial charge on any atom is 0.293 e. The monoisotopic (exact) mass is 557 g/mol. The number of piperidine rings is 1. The largest absolute Gasteiger partial charge is 0.508 e. The first-order valence-corrected chi connectivity index (χ1v) is 14.0. The molecule has 3 heterocycles. The third kappa shape index (κ3) is 4.93. The van der Waals surface area contributed by atoms with Crippen molar-refractivity contribution in [1.82, 2.24) is 19.4 Å². The fourth-order valence-electron chi connectivity index (χ4n) is 5.99. The minimum Gasteiger partial charge on any atom is -0.508 e. The van der Waals surface area contributed by atoms with Crippen LogP contribution in [0.3, 0.4) is 0 Å². The van der Waals surface area contributed by atoms with Crippen molar-refractivity contribution in [3.05, 3.63) is 76.6 Å². The van der Waals surface area contributed by atoms with Crippen LogP contribution < -0.4 is 10.9 Å². The molecule has 40 heavy (non-hydrogen) atoms. The first kappa shape index (κ1) is 26.3. The lowest BCUT2D eigenvalue weighted by atomic mass is 9.97. The number of aromatic nitrogens is 2. The highest BCUT2D eigenvalue weighted by Crippen LogP contribution is 2.38. The van der Waals surface area contributed by atoms with E-state index < -0.39 is 0 Å². The Morgan fingerprint density at radius 3 is 2.75 bits per heavy atom. The van der Waals surface area contributed by atoms with E-state index in [1.807, 2.05) is 30.3 Å². The number of amides is 1. The van der Waals surface area contributed by atoms with Gasteiger partial charge in [0.25, 0.3) is 5.56 Å². The van der Waals surface area contributed by atoms with E-state index in [9.17, 15) is 14.7 Å². The van der Waals surface area contributed by atoms with E-state index in [1.165, 1.54) is 6.08 Å². The molecule has 2 fully saturated rings. The molecule has 0 radical (unpaired) electrons. The Labute approximate surface area is 237 Å². The average Bonchev–Trinajstić information content (AvgIpc) is 2.91. The van der Waals surface area contributed by atoms with Crippen molar-refractivity contribution in [2.75, 3.05) is 38.5 Å². The van der Waals surface area contributed by atoms with Crippen molar-refractivity contribution in [3.8, 4) is 16.9 Å². The highest BCUT2D eigenvalue weighted by molar-refractivity contribution is 6.34. The number of carbonyl (C=O) groups excluding carboxylic acids is 1. The number of carbonyl (C=O) groups is 1. The number of phenolic OH excluding ortho intramolecular Hbond substituents is 1. The van der Waals surface area contributed by atoms with Crippen LogP contribution in [0.1, 0.15) is 12.8 Å². The van der Waals surface area contributed by atoms with E-state index >= 15 is 0 Å². The molecule has 0 spiro atoms. The zero-order valence-corrected chi connectivity index (χ0v) is 23.2. The Hall–Kier alpha value is -3.88. The molecule has 6 rings (SSSR count). The van der Waals surface area contributed by atoms with Crippen LogP contribution >= 0.6 is 11.6 Å². The first-order chi connectivity index (χ1) is 19.3. The van der Waals surface area contributed by atoms with Crippen LogP contribution in [-0.2, 0) is 11.3 Å². The summed E-state index contributed by atoms with van der Waals surface area (Å²) in [7, 11) is 2.08. The number of hydrogen-bond acceptors (Lipinski definition) is 6. The summed E-state index contributed by atoms with van der Waals surface area (Å²) in [5.74, 6) is 0.502. The first-order valence-electron chi connectivity index (χ1n) is 13.6. The van der Waals surface area contributed by atoms with Gasteiger partial charge in [-0.2, -0.15) is 0 Å². The average molecular weight is 558 g/mol. The number of nitrogens with one attached hydrogen (secondary N) is 1. The van der Waals surface area contributed by atoms with Gasteiger partial charge in [0.05, 0.1) is 16.1 Å². The topological polar surface area (TPSA) is 90.7 Å². The zero-order chi connectivity index (χ0) is 28.0. The van der Waals surface area contributed by atoms with Gasteiger partial charge < -0.3 is 24.8 Å². The minimum absolute atomic E-state index is 0.0991. The molecule has 0 unspecified atom stereocenters. The van der Waals surface area contributed by atoms with Crippen LogP contribution in [0, 0.1) is 5.92 Å². The van der Waals surface area contributed by atoms with E-state index in [1.54, 1.807) is 27.7 Å². The Morgan fingerprint density at radius 2 is 1.98 bits per heavy atom. The number of aromatic hydroxyl groups is 1. The molecular formula is C31H32ClN5O3. The third-order valence-electron chi connectivity index (χ3n) is 8.02. The Balaban J connectivity index is 1.46. The molecule has 8 nitrogen and oxygen atoms in total. The zero-order valence-electron chi connectivity index (χ0n) is 22.4. The van der Waals surface area contributed by atoms with Gasteiger partial charge >= 0.3 is 0 Å². The van der Waals surface area contributed by atoms with Crippen LogP contribution in [0.4, 0.5) is 5.82 Å². The highest BCUT2D eigenvalue weighted by atomic mass is 35.5. The molecule has 2 aliphatic heterocycles. The molecule has 206 valence electrons. The third-order valence-corrected chi connectivity index (χ3v) is 8.33. The van der Waals surface area contributed by atoms with Gasteiger partial charge in [0.2, 0.25) is 5.91 Å². The van der Waals surface area contributed by atoms with Gasteiger partial charge in [-0.3, -0.25) is 9.59 Å². The van der Waals surface area contributed by atoms with E-state index in [0.717, 1.165) is 47.8 Å². The predicted octanol–water partition coefficient (Wildman–Crippen LogP) is 4.73. The Bertz CT molecular complexity index is 1690. The van der Waals surface area contributed by atoms with Crippen molar-refractivity contribution >= 4 is 45.1 Å². The predicted molar refractivity (Wildman–Crippen MR) is 160 cm³/mol. The quantitative estimate of drug-likeness (QED) is 0.333. The van der Waals surface area contributed by atoms with Crippen molar-refractivity contribution in [1.29, 1.82) is 0 Å². The molecule has 1 atom stereocenters. The normalized spacial score (nSPS) is 18.1. The summed E-state index contributed by atoms with van der Waals surface area (Å²) in [6.45, 7) is 7.02. The molecule has 1 amide bonds. The number of benzene rings is 3. The second-order valence-corrected chi connectivity index (χ2v) is 11.4. The molecule has 0 bridgehead atoms. The molecule has 0 aliphatic carbocycles. The van der Waals surface area contributed by atoms with Gasteiger partial charge in [-0.25, -0.2) is 4.98 Å². The van der Waals surface area contributed by atoms with Crippen molar-refractivity contribution in [2.24, 2.45) is 5.92 Å². The fraction of sp³-hybridized carbons (Fsp3) is 0.323. The number of likely N-dealkylation sites (N-methyl/N-ethyl adjacent to an activating group) is 1. The number of anilines is 1. The molecule has 2 aliphatic rings. The van der Waals surface area contributed by atoms with Gasteiger partial charge in [-0.1, -0.05) is 42.4 Å². The molecule has 4 aromatic rings. The molecule has 0 saturated carbocycles. The molecule has 2 saturated heterocycles. The Morgan fingerprint density at radius 1 is 1.18 bits per heavy atom. The summed E-state index contributed by atoms with van der Waals surface area (Å²) in [6.07, 6.45) is 3.33. The lowest BCUT2D eigenvalue weighted by Gasteiger charge is -2.39. The number of halogens is 1. The van der Waals surface area contributed by atoms with Gasteiger partial charge in [0.15, 0.2) is 5.82 Å². The van der Waals surface area contributed by atoms with Gasteiger partial charge in [0, 0.05) is 43.7 Å². The summed E-state index contributed by atoms with van der Waals surface area (Å²) in [4.78, 5) is 34.6. The number of phenols is 1. The SMILES string of the molecule is C=CC(=O)N1CC(Cn2c(=O)c(N[C@@H]3CCCN(C)C3)nc3cc(-c4cc(O)cc5ccccc45)c(Cl)cc32)C1. The van der Waals surface area contributed by atoms with Crippen LogP contribution in [0.5, 0.6) is 5.75 Å². The second kappa shape index (κ2) is 10.6. The van der Waals surface area contributed by atoms with E-state index in [0.29, 0.717) is 41.5 Å². The number of likely N-dealkylation sites (tertiary alicyclic amines) is 2. The number of rotatable bonds is 6. The molecule has 2 N–H and O–H groups in total. The van der Waals surface area contributed by atoms with Crippen LogP contribution in [-0.4, -0.2) is 69.6 Å². The maximum atomic E-state index is 13.8. The van der Waals surface area contributed by atoms with Gasteiger partial charge in [-0.05, 0) is 73.1 Å². The van der Waals surface area contributed by atoms with E-state index in [4.69, 9.17) is 16.6 Å². The number of hydrogen-bond donors (Lipinski definition) is 2. The van der Waals surface area contributed by atoms with Gasteiger partial charge in [-0.15, -0.1) is 0 Å². The summed E-state index contributed by atoms with van der Waals surface area (Å²) >= 11 is 6.88. The Kier molecular flexibility index (Phi) is 6.98. The van der Waals surface area contributed by atoms with E-state index in [-0.39, 0.29) is 29.2 Å². The summed E-state index contributed by atoms with van der Waals surface area (Å²) < 4.78 is 1.74. The summed E-state index contributed by atoms with van der Waals surface area (Å²) in [6, 6.07) is 15.1. The van der Waals surface area contributed by atoms with Gasteiger partial charge in [0.1, 0.15) is 5.75 Å². The fourth-order valence-corrected chi connectivity index (χ4v) is 6.25. The van der Waals surface area contributed by atoms with Crippen LogP contribution in [0.25, 0.3) is 32.9 Å². The minimum atomic E-state index is -0.194. The highest BCUT2D eigenvalue weighted by Gasteiger charge is 2.31. The lowest BCUT2D eigenvalue weighted by Crippen LogP contribution is -2.51. The molecule has 9 heteroatoms. The van der Waals surface area contributed by atoms with Crippen molar-refractivity contribution in [3.63, 3.8) is 0 Å². The summed E-state index contributed by atoms with van der Waals surface area (Å²) in [5.41, 5.74) is 2.61. The van der Waals surface area contributed by atoms with Crippen molar-refractivity contribution < 1.29 is 9.90 Å². The standard InChI is InChI=1S/C31H32ClN5O3/c1-3-29(39)36-15-19(16-36)17-37-28-14-26(32)25(24-12-22(38)11-20-7-4-5-9-23(20)24)13-27(28)34-30(31(37)40)33-21-8-6-10-35(2)18-21/h3-5,7,9,11-14,19,21,38H,1,6,8,10,15-18H2,2H3,(H,33,34)/t21-/m1/s1. The van der Waals surface area contributed by atoms with E-state index in [2.05, 4.69) is 23.8 Å². The maximum absolute atomic E-state index is 13.8. The molecular weight excluding hydrogens is 526 g/mol. The van der Waals surface area contributed by atoms with Crippen LogP contribution in [0.2, 0.25) is 5.02 Å². The second-order valence-electron chi connectivity index (χ2n) is 11.0. The summed E-state index contributed by atoms with van der Waals surface area (Å²) in [5, 5.41) is 16.2.